The van der Waals surface area contributed by atoms with Gasteiger partial charge in [-0.1, -0.05) is 31.0 Å². The lowest BCUT2D eigenvalue weighted by atomic mass is 9.95. The van der Waals surface area contributed by atoms with E-state index in [0.717, 1.165) is 18.0 Å². The molecule has 1 unspecified atom stereocenters. The Labute approximate surface area is 152 Å². The number of thioether (sulfide) groups is 1. The van der Waals surface area contributed by atoms with Gasteiger partial charge in [-0.05, 0) is 45.7 Å². The van der Waals surface area contributed by atoms with E-state index in [4.69, 9.17) is 4.42 Å². The molecule has 1 aliphatic rings. The van der Waals surface area contributed by atoms with Gasteiger partial charge in [-0.25, -0.2) is 0 Å². The van der Waals surface area contributed by atoms with E-state index >= 15 is 0 Å². The Morgan fingerprint density at radius 1 is 1.28 bits per heavy atom. The molecule has 1 saturated carbocycles. The molecule has 6 nitrogen and oxygen atoms in total. The number of nitrogens with zero attached hydrogens (tertiary/aromatic N) is 3. The van der Waals surface area contributed by atoms with E-state index in [2.05, 4.69) is 29.4 Å². The molecular formula is C18H26N4O2S. The largest absolute Gasteiger partial charge is 0.461 e. The van der Waals surface area contributed by atoms with Gasteiger partial charge in [0.05, 0.1) is 11.5 Å². The number of carbonyl (C=O) groups excluding carboxylic acids is 1. The van der Waals surface area contributed by atoms with Crippen LogP contribution in [0.4, 0.5) is 0 Å². The molecule has 2 heterocycles. The lowest BCUT2D eigenvalue weighted by molar-refractivity contribution is -0.121. The molecule has 136 valence electrons. The van der Waals surface area contributed by atoms with Gasteiger partial charge in [0.1, 0.15) is 0 Å². The number of hydrogen-bond acceptors (Lipinski definition) is 5. The van der Waals surface area contributed by atoms with Crippen molar-refractivity contribution < 1.29 is 9.21 Å². The molecule has 1 amide bonds. The number of nitrogens with one attached hydrogen (secondary N) is 1. The Kier molecular flexibility index (Phi) is 5.83. The van der Waals surface area contributed by atoms with Crippen molar-refractivity contribution >= 4 is 17.7 Å². The van der Waals surface area contributed by atoms with Crippen LogP contribution in [-0.4, -0.2) is 32.0 Å². The first-order valence-electron chi connectivity index (χ1n) is 9.02. The van der Waals surface area contributed by atoms with Crippen molar-refractivity contribution in [1.82, 2.24) is 20.1 Å². The molecule has 7 heteroatoms. The minimum atomic E-state index is -0.215. The maximum absolute atomic E-state index is 12.5. The van der Waals surface area contributed by atoms with Crippen LogP contribution in [0.25, 0.3) is 11.6 Å². The lowest BCUT2D eigenvalue weighted by Gasteiger charge is -2.24. The summed E-state index contributed by atoms with van der Waals surface area (Å²) in [4.78, 5) is 12.5. The highest BCUT2D eigenvalue weighted by molar-refractivity contribution is 8.00. The third kappa shape index (κ3) is 4.26. The second-order valence-electron chi connectivity index (χ2n) is 6.85. The van der Waals surface area contributed by atoms with Crippen molar-refractivity contribution in [2.45, 2.75) is 75.4 Å². The van der Waals surface area contributed by atoms with E-state index in [0.29, 0.717) is 17.6 Å². The fraction of sp³-hybridized carbons (Fsp3) is 0.611. The van der Waals surface area contributed by atoms with Crippen LogP contribution in [0.2, 0.25) is 0 Å². The Balaban J connectivity index is 1.70. The van der Waals surface area contributed by atoms with Crippen molar-refractivity contribution in [2.75, 3.05) is 0 Å². The summed E-state index contributed by atoms with van der Waals surface area (Å²) >= 11 is 1.45. The summed E-state index contributed by atoms with van der Waals surface area (Å²) in [6.07, 6.45) is 7.51. The van der Waals surface area contributed by atoms with Crippen LogP contribution in [0.1, 0.15) is 58.9 Å². The third-order valence-corrected chi connectivity index (χ3v) is 5.58. The predicted molar refractivity (Wildman–Crippen MR) is 98.4 cm³/mol. The van der Waals surface area contributed by atoms with Crippen LogP contribution in [0.3, 0.4) is 0 Å². The molecule has 3 rings (SSSR count). The van der Waals surface area contributed by atoms with E-state index in [9.17, 15) is 4.79 Å². The Hall–Kier alpha value is -1.76. The summed E-state index contributed by atoms with van der Waals surface area (Å²) in [5.74, 6) is 1.46. The van der Waals surface area contributed by atoms with Gasteiger partial charge in [0.15, 0.2) is 10.9 Å². The first-order valence-corrected chi connectivity index (χ1v) is 9.90. The van der Waals surface area contributed by atoms with E-state index in [-0.39, 0.29) is 17.2 Å². The number of aromatic nitrogens is 3. The standard InChI is InChI=1S/C18H26N4O2S/c1-12(2)22-16(15-10-7-11-24-15)20-21-18(22)25-13(3)17(23)19-14-8-5-4-6-9-14/h7,10-14H,4-6,8-9H2,1-3H3,(H,19,23). The average Bonchev–Trinajstić information content (AvgIpc) is 3.24. The number of furan rings is 1. The molecule has 1 atom stereocenters. The van der Waals surface area contributed by atoms with E-state index in [1.54, 1.807) is 6.26 Å². The SMILES string of the molecule is CC(Sc1nnc(-c2ccco2)n1C(C)C)C(=O)NC1CCCCC1. The number of rotatable bonds is 6. The van der Waals surface area contributed by atoms with Crippen molar-refractivity contribution in [3.63, 3.8) is 0 Å². The van der Waals surface area contributed by atoms with Crippen LogP contribution < -0.4 is 5.32 Å². The normalized spacial score (nSPS) is 17.0. The number of carbonyl (C=O) groups is 1. The molecule has 0 saturated heterocycles. The van der Waals surface area contributed by atoms with Gasteiger partial charge in [0.25, 0.3) is 0 Å². The fourth-order valence-electron chi connectivity index (χ4n) is 3.17. The van der Waals surface area contributed by atoms with Gasteiger partial charge in [-0.15, -0.1) is 10.2 Å². The highest BCUT2D eigenvalue weighted by atomic mass is 32.2. The first kappa shape index (κ1) is 18.0. The highest BCUT2D eigenvalue weighted by Crippen LogP contribution is 2.30. The second-order valence-corrected chi connectivity index (χ2v) is 8.16. The molecule has 1 fully saturated rings. The quantitative estimate of drug-likeness (QED) is 0.785. The minimum Gasteiger partial charge on any atom is -0.461 e. The Morgan fingerprint density at radius 3 is 2.68 bits per heavy atom. The van der Waals surface area contributed by atoms with Gasteiger partial charge < -0.3 is 9.73 Å². The molecule has 1 aliphatic carbocycles. The number of hydrogen-bond donors (Lipinski definition) is 1. The molecule has 0 spiro atoms. The topological polar surface area (TPSA) is 73.0 Å². The molecule has 1 N–H and O–H groups in total. The third-order valence-electron chi connectivity index (χ3n) is 4.53. The molecule has 0 radical (unpaired) electrons. The van der Waals surface area contributed by atoms with Gasteiger partial charge in [-0.3, -0.25) is 9.36 Å². The Bertz CT molecular complexity index is 690. The van der Waals surface area contributed by atoms with Gasteiger partial charge in [-0.2, -0.15) is 0 Å². The zero-order chi connectivity index (χ0) is 17.8. The van der Waals surface area contributed by atoms with Gasteiger partial charge >= 0.3 is 0 Å². The molecule has 2 aromatic rings. The van der Waals surface area contributed by atoms with Crippen LogP contribution in [0, 0.1) is 0 Å². The predicted octanol–water partition coefficient (Wildman–Crippen LogP) is 4.05. The monoisotopic (exact) mass is 362 g/mol. The van der Waals surface area contributed by atoms with Crippen molar-refractivity contribution in [1.29, 1.82) is 0 Å². The van der Waals surface area contributed by atoms with E-state index in [1.807, 2.05) is 23.6 Å². The van der Waals surface area contributed by atoms with Crippen LogP contribution in [0.15, 0.2) is 28.0 Å². The molecule has 2 aromatic heterocycles. The number of amides is 1. The summed E-state index contributed by atoms with van der Waals surface area (Å²) in [7, 11) is 0. The first-order chi connectivity index (χ1) is 12.1. The highest BCUT2D eigenvalue weighted by Gasteiger charge is 2.25. The molecule has 0 aromatic carbocycles. The lowest BCUT2D eigenvalue weighted by Crippen LogP contribution is -2.40. The Morgan fingerprint density at radius 2 is 2.04 bits per heavy atom. The van der Waals surface area contributed by atoms with Gasteiger partial charge in [0.2, 0.25) is 11.7 Å². The fourth-order valence-corrected chi connectivity index (χ4v) is 4.16. The molecule has 0 aliphatic heterocycles. The van der Waals surface area contributed by atoms with Crippen LogP contribution >= 0.6 is 11.8 Å². The minimum absolute atomic E-state index is 0.0785. The van der Waals surface area contributed by atoms with E-state index in [1.165, 1.54) is 31.0 Å². The van der Waals surface area contributed by atoms with E-state index < -0.39 is 0 Å². The zero-order valence-electron chi connectivity index (χ0n) is 15.1. The maximum atomic E-state index is 12.5. The summed E-state index contributed by atoms with van der Waals surface area (Å²) in [6, 6.07) is 4.20. The summed E-state index contributed by atoms with van der Waals surface area (Å²) in [6.45, 7) is 6.08. The molecule has 25 heavy (non-hydrogen) atoms. The van der Waals surface area contributed by atoms with Crippen molar-refractivity contribution in [2.24, 2.45) is 0 Å². The van der Waals surface area contributed by atoms with Gasteiger partial charge in [0, 0.05) is 12.1 Å². The molecule has 0 bridgehead atoms. The van der Waals surface area contributed by atoms with Crippen LogP contribution in [0.5, 0.6) is 0 Å². The summed E-state index contributed by atoms with van der Waals surface area (Å²) < 4.78 is 7.49. The van der Waals surface area contributed by atoms with Crippen molar-refractivity contribution in [3.8, 4) is 11.6 Å². The van der Waals surface area contributed by atoms with Crippen molar-refractivity contribution in [3.05, 3.63) is 18.4 Å². The summed E-state index contributed by atoms with van der Waals surface area (Å²) in [5, 5.41) is 12.3. The summed E-state index contributed by atoms with van der Waals surface area (Å²) in [5.41, 5.74) is 0. The molecular weight excluding hydrogens is 336 g/mol. The maximum Gasteiger partial charge on any atom is 0.233 e. The smallest absolute Gasteiger partial charge is 0.233 e. The average molecular weight is 362 g/mol. The zero-order valence-corrected chi connectivity index (χ0v) is 15.9. The van der Waals surface area contributed by atoms with Crippen LogP contribution in [-0.2, 0) is 4.79 Å². The second kappa shape index (κ2) is 8.08.